The van der Waals surface area contributed by atoms with E-state index >= 15 is 0 Å². The number of carbonyl (C=O) groups excluding carboxylic acids is 1. The molecule has 0 N–H and O–H groups in total. The number of rotatable bonds is 3. The smallest absolute Gasteiger partial charge is 0.202 e. The van der Waals surface area contributed by atoms with Gasteiger partial charge in [-0.05, 0) is 28.8 Å². The Hall–Kier alpha value is -1.41. The lowest BCUT2D eigenvalue weighted by Gasteiger charge is -2.16. The maximum Gasteiger partial charge on any atom is 0.202 e. The summed E-state index contributed by atoms with van der Waals surface area (Å²) in [4.78, 5) is 13.1. The molecule has 0 amide bonds. The van der Waals surface area contributed by atoms with Crippen molar-refractivity contribution >= 4 is 17.1 Å². The maximum atomic E-state index is 12.2. The van der Waals surface area contributed by atoms with Gasteiger partial charge >= 0.3 is 0 Å². The SMILES string of the molecule is CC(C)(C)Cc1csc(C(=O)c2ccccc2)c1. The minimum Gasteiger partial charge on any atom is -0.288 e. The highest BCUT2D eigenvalue weighted by Gasteiger charge is 2.15. The Labute approximate surface area is 112 Å². The first-order valence-corrected chi connectivity index (χ1v) is 7.01. The summed E-state index contributed by atoms with van der Waals surface area (Å²) in [6.45, 7) is 6.63. The molecular weight excluding hydrogens is 240 g/mol. The summed E-state index contributed by atoms with van der Waals surface area (Å²) in [5.41, 5.74) is 2.28. The molecule has 0 spiro atoms. The van der Waals surface area contributed by atoms with Crippen LogP contribution < -0.4 is 0 Å². The van der Waals surface area contributed by atoms with Gasteiger partial charge in [0, 0.05) is 5.56 Å². The van der Waals surface area contributed by atoms with Crippen molar-refractivity contribution in [1.29, 1.82) is 0 Å². The van der Waals surface area contributed by atoms with Crippen LogP contribution in [-0.4, -0.2) is 5.78 Å². The summed E-state index contributed by atoms with van der Waals surface area (Å²) < 4.78 is 0. The molecule has 0 aliphatic rings. The Morgan fingerprint density at radius 3 is 2.44 bits per heavy atom. The molecular formula is C16H18OS. The van der Waals surface area contributed by atoms with Crippen LogP contribution in [0.1, 0.15) is 41.6 Å². The Morgan fingerprint density at radius 2 is 1.83 bits per heavy atom. The summed E-state index contributed by atoms with van der Waals surface area (Å²) >= 11 is 1.54. The van der Waals surface area contributed by atoms with Crippen LogP contribution in [0.25, 0.3) is 0 Å². The van der Waals surface area contributed by atoms with E-state index in [1.807, 2.05) is 36.4 Å². The van der Waals surface area contributed by atoms with Gasteiger partial charge in [-0.1, -0.05) is 51.1 Å². The van der Waals surface area contributed by atoms with Gasteiger partial charge in [-0.15, -0.1) is 11.3 Å². The van der Waals surface area contributed by atoms with Crippen molar-refractivity contribution in [2.45, 2.75) is 27.2 Å². The Kier molecular flexibility index (Phi) is 3.67. The number of thiophene rings is 1. The quantitative estimate of drug-likeness (QED) is 0.737. The van der Waals surface area contributed by atoms with Gasteiger partial charge in [-0.3, -0.25) is 4.79 Å². The number of benzene rings is 1. The molecule has 94 valence electrons. The van der Waals surface area contributed by atoms with Crippen molar-refractivity contribution in [3.63, 3.8) is 0 Å². The van der Waals surface area contributed by atoms with E-state index in [0.717, 1.165) is 16.9 Å². The van der Waals surface area contributed by atoms with E-state index in [1.165, 1.54) is 5.56 Å². The topological polar surface area (TPSA) is 17.1 Å². The van der Waals surface area contributed by atoms with E-state index in [-0.39, 0.29) is 11.2 Å². The van der Waals surface area contributed by atoms with E-state index in [1.54, 1.807) is 11.3 Å². The molecule has 0 radical (unpaired) electrons. The van der Waals surface area contributed by atoms with Gasteiger partial charge in [0.1, 0.15) is 0 Å². The highest BCUT2D eigenvalue weighted by atomic mass is 32.1. The van der Waals surface area contributed by atoms with Crippen molar-refractivity contribution in [1.82, 2.24) is 0 Å². The van der Waals surface area contributed by atoms with Crippen molar-refractivity contribution in [3.8, 4) is 0 Å². The van der Waals surface area contributed by atoms with Crippen molar-refractivity contribution < 1.29 is 4.79 Å². The lowest BCUT2D eigenvalue weighted by molar-refractivity contribution is 0.104. The Morgan fingerprint density at radius 1 is 1.17 bits per heavy atom. The van der Waals surface area contributed by atoms with E-state index in [0.29, 0.717) is 0 Å². The molecule has 18 heavy (non-hydrogen) atoms. The summed E-state index contributed by atoms with van der Waals surface area (Å²) in [5.74, 6) is 0.126. The standard InChI is InChI=1S/C16H18OS/c1-16(2,3)10-12-9-14(18-11-12)15(17)13-7-5-4-6-8-13/h4-9,11H,10H2,1-3H3. The van der Waals surface area contributed by atoms with Crippen LogP contribution >= 0.6 is 11.3 Å². The molecule has 0 aliphatic carbocycles. The molecule has 1 nitrogen and oxygen atoms in total. The average Bonchev–Trinajstić information content (AvgIpc) is 2.75. The molecule has 0 saturated heterocycles. The fourth-order valence-electron chi connectivity index (χ4n) is 1.93. The minimum atomic E-state index is 0.126. The second-order valence-corrected chi connectivity index (χ2v) is 6.66. The summed E-state index contributed by atoms with van der Waals surface area (Å²) in [6, 6.07) is 11.5. The molecule has 0 unspecified atom stereocenters. The molecule has 0 atom stereocenters. The molecule has 2 rings (SSSR count). The molecule has 1 aromatic heterocycles. The molecule has 0 saturated carbocycles. The zero-order valence-electron chi connectivity index (χ0n) is 11.1. The van der Waals surface area contributed by atoms with E-state index < -0.39 is 0 Å². The third-order valence-electron chi connectivity index (χ3n) is 2.65. The van der Waals surface area contributed by atoms with Gasteiger partial charge in [0.05, 0.1) is 4.88 Å². The largest absolute Gasteiger partial charge is 0.288 e. The Bertz CT molecular complexity index is 532. The lowest BCUT2D eigenvalue weighted by atomic mass is 9.89. The minimum absolute atomic E-state index is 0.126. The second kappa shape index (κ2) is 5.07. The number of carbonyl (C=O) groups is 1. The number of hydrogen-bond acceptors (Lipinski definition) is 2. The normalized spacial score (nSPS) is 11.5. The summed E-state index contributed by atoms with van der Waals surface area (Å²) in [6.07, 6.45) is 1.01. The predicted octanol–water partition coefficient (Wildman–Crippen LogP) is 4.57. The van der Waals surface area contributed by atoms with Gasteiger partial charge in [0.25, 0.3) is 0 Å². The monoisotopic (exact) mass is 258 g/mol. The number of hydrogen-bond donors (Lipinski definition) is 0. The van der Waals surface area contributed by atoms with Gasteiger partial charge < -0.3 is 0 Å². The van der Waals surface area contributed by atoms with Gasteiger partial charge in [0.15, 0.2) is 0 Å². The summed E-state index contributed by atoms with van der Waals surface area (Å²) in [7, 11) is 0. The first-order valence-electron chi connectivity index (χ1n) is 6.13. The molecule has 0 bridgehead atoms. The van der Waals surface area contributed by atoms with Crippen molar-refractivity contribution in [3.05, 3.63) is 57.8 Å². The third-order valence-corrected chi connectivity index (χ3v) is 3.63. The first kappa shape index (κ1) is 13.0. The lowest BCUT2D eigenvalue weighted by Crippen LogP contribution is -2.08. The molecule has 1 aromatic carbocycles. The predicted molar refractivity (Wildman–Crippen MR) is 77.4 cm³/mol. The molecule has 2 aromatic rings. The third kappa shape index (κ3) is 3.30. The fourth-order valence-corrected chi connectivity index (χ4v) is 2.81. The van der Waals surface area contributed by atoms with Crippen LogP contribution in [0.4, 0.5) is 0 Å². The zero-order chi connectivity index (χ0) is 13.2. The first-order chi connectivity index (χ1) is 8.46. The van der Waals surface area contributed by atoms with Gasteiger partial charge in [-0.25, -0.2) is 0 Å². The van der Waals surface area contributed by atoms with Crippen molar-refractivity contribution in [2.75, 3.05) is 0 Å². The van der Waals surface area contributed by atoms with Crippen LogP contribution in [0.2, 0.25) is 0 Å². The van der Waals surface area contributed by atoms with E-state index in [4.69, 9.17) is 0 Å². The number of ketones is 1. The van der Waals surface area contributed by atoms with Crippen molar-refractivity contribution in [2.24, 2.45) is 5.41 Å². The molecule has 1 heterocycles. The van der Waals surface area contributed by atoms with Crippen LogP contribution in [0, 0.1) is 5.41 Å². The zero-order valence-corrected chi connectivity index (χ0v) is 11.9. The van der Waals surface area contributed by atoms with Crippen LogP contribution in [0.5, 0.6) is 0 Å². The average molecular weight is 258 g/mol. The van der Waals surface area contributed by atoms with Crippen LogP contribution in [0.15, 0.2) is 41.8 Å². The highest BCUT2D eigenvalue weighted by Crippen LogP contribution is 2.25. The molecule has 2 heteroatoms. The second-order valence-electron chi connectivity index (χ2n) is 5.75. The van der Waals surface area contributed by atoms with E-state index in [2.05, 4.69) is 26.2 Å². The molecule has 0 aliphatic heterocycles. The van der Waals surface area contributed by atoms with Gasteiger partial charge in [-0.2, -0.15) is 0 Å². The van der Waals surface area contributed by atoms with Gasteiger partial charge in [0.2, 0.25) is 5.78 Å². The maximum absolute atomic E-state index is 12.2. The van der Waals surface area contributed by atoms with E-state index in [9.17, 15) is 4.79 Å². The summed E-state index contributed by atoms with van der Waals surface area (Å²) in [5, 5.41) is 2.10. The molecule has 0 fully saturated rings. The van der Waals surface area contributed by atoms with Crippen LogP contribution in [-0.2, 0) is 6.42 Å². The highest BCUT2D eigenvalue weighted by molar-refractivity contribution is 7.12. The Balaban J connectivity index is 2.18. The fraction of sp³-hybridized carbons (Fsp3) is 0.312. The van der Waals surface area contributed by atoms with Crippen LogP contribution in [0.3, 0.4) is 0 Å².